The van der Waals surface area contributed by atoms with Gasteiger partial charge in [-0.25, -0.2) is 0 Å². The fourth-order valence-electron chi connectivity index (χ4n) is 3.40. The maximum atomic E-state index is 13.0. The lowest BCUT2D eigenvalue weighted by Gasteiger charge is -2.14. The molecule has 36 heavy (non-hydrogen) atoms. The van der Waals surface area contributed by atoms with E-state index in [0.717, 1.165) is 22.2 Å². The van der Waals surface area contributed by atoms with Gasteiger partial charge in [0.1, 0.15) is 6.61 Å². The van der Waals surface area contributed by atoms with E-state index in [9.17, 15) is 9.59 Å². The van der Waals surface area contributed by atoms with Crippen molar-refractivity contribution in [1.82, 2.24) is 4.90 Å². The molecule has 10 heteroatoms. The van der Waals surface area contributed by atoms with E-state index in [0.29, 0.717) is 54.2 Å². The molecule has 1 aliphatic heterocycles. The Morgan fingerprint density at radius 2 is 1.67 bits per heavy atom. The Labute approximate surface area is 232 Å². The maximum absolute atomic E-state index is 13.0. The molecule has 1 aliphatic rings. The standard InChI is InChI=1S/C26H19Cl4NO4S/c1-2-34-23-10-15(4-8-22(23)35-14-16-3-7-19(28)21(30)9-16)11-24-25(32)31(26(33)36-24)13-17-5-6-18(27)12-20(17)29/h3-12H,2,13-14H2,1H3/b24-11+. The topological polar surface area (TPSA) is 55.8 Å². The summed E-state index contributed by atoms with van der Waals surface area (Å²) in [6, 6.07) is 15.5. The number of carbonyl (C=O) groups excluding carboxylic acids is 2. The normalized spacial score (nSPS) is 14.6. The fraction of sp³-hybridized carbons (Fsp3) is 0.154. The molecular weight excluding hydrogens is 564 g/mol. The minimum Gasteiger partial charge on any atom is -0.490 e. The quantitative estimate of drug-likeness (QED) is 0.249. The number of nitrogens with zero attached hydrogens (tertiary/aromatic N) is 1. The molecule has 3 aromatic rings. The van der Waals surface area contributed by atoms with E-state index >= 15 is 0 Å². The average Bonchev–Trinajstić information content (AvgIpc) is 3.09. The van der Waals surface area contributed by atoms with Gasteiger partial charge in [-0.15, -0.1) is 0 Å². The van der Waals surface area contributed by atoms with Gasteiger partial charge < -0.3 is 9.47 Å². The van der Waals surface area contributed by atoms with Crippen LogP contribution in [0.15, 0.2) is 59.5 Å². The number of thioether (sulfide) groups is 1. The van der Waals surface area contributed by atoms with Crippen LogP contribution in [0.3, 0.4) is 0 Å². The van der Waals surface area contributed by atoms with E-state index in [4.69, 9.17) is 55.9 Å². The predicted molar refractivity (Wildman–Crippen MR) is 146 cm³/mol. The van der Waals surface area contributed by atoms with Crippen LogP contribution in [0.25, 0.3) is 6.08 Å². The van der Waals surface area contributed by atoms with Gasteiger partial charge in [-0.2, -0.15) is 0 Å². The van der Waals surface area contributed by atoms with Crippen molar-refractivity contribution in [2.75, 3.05) is 6.61 Å². The van der Waals surface area contributed by atoms with Gasteiger partial charge in [0, 0.05) is 10.0 Å². The summed E-state index contributed by atoms with van der Waals surface area (Å²) >= 11 is 25.1. The molecule has 186 valence electrons. The van der Waals surface area contributed by atoms with Crippen molar-refractivity contribution < 1.29 is 19.1 Å². The second kappa shape index (κ2) is 11.8. The first-order chi connectivity index (χ1) is 17.2. The molecule has 1 saturated heterocycles. The van der Waals surface area contributed by atoms with E-state index < -0.39 is 5.91 Å². The van der Waals surface area contributed by atoms with E-state index in [1.54, 1.807) is 54.6 Å². The van der Waals surface area contributed by atoms with E-state index in [1.165, 1.54) is 0 Å². The number of benzene rings is 3. The van der Waals surface area contributed by atoms with Gasteiger partial charge in [0.25, 0.3) is 11.1 Å². The minimum atomic E-state index is -0.395. The summed E-state index contributed by atoms with van der Waals surface area (Å²) in [5.41, 5.74) is 2.17. The van der Waals surface area contributed by atoms with Crippen molar-refractivity contribution in [1.29, 1.82) is 0 Å². The molecule has 0 bridgehead atoms. The van der Waals surface area contributed by atoms with E-state index in [1.807, 2.05) is 13.0 Å². The first-order valence-corrected chi connectivity index (χ1v) is 13.1. The molecule has 1 heterocycles. The van der Waals surface area contributed by atoms with Gasteiger partial charge in [0.15, 0.2) is 11.5 Å². The van der Waals surface area contributed by atoms with Crippen LogP contribution >= 0.6 is 58.2 Å². The highest BCUT2D eigenvalue weighted by molar-refractivity contribution is 8.18. The number of hydrogen-bond donors (Lipinski definition) is 0. The number of amides is 2. The van der Waals surface area contributed by atoms with Crippen LogP contribution in [0.5, 0.6) is 11.5 Å². The van der Waals surface area contributed by atoms with Gasteiger partial charge in [-0.3, -0.25) is 14.5 Å². The molecule has 0 spiro atoms. The Balaban J connectivity index is 1.51. The van der Waals surface area contributed by atoms with Crippen LogP contribution in [0.2, 0.25) is 20.1 Å². The van der Waals surface area contributed by atoms with Crippen molar-refractivity contribution >= 4 is 75.4 Å². The average molecular weight is 583 g/mol. The third kappa shape index (κ3) is 6.31. The van der Waals surface area contributed by atoms with Crippen LogP contribution < -0.4 is 9.47 Å². The molecule has 5 nitrogen and oxygen atoms in total. The molecule has 0 aliphatic carbocycles. The van der Waals surface area contributed by atoms with Gasteiger partial charge in [0.05, 0.1) is 28.1 Å². The van der Waals surface area contributed by atoms with Crippen LogP contribution in [-0.2, 0) is 17.9 Å². The van der Waals surface area contributed by atoms with Crippen molar-refractivity contribution in [2.24, 2.45) is 0 Å². The molecule has 0 atom stereocenters. The maximum Gasteiger partial charge on any atom is 0.293 e. The first kappa shape index (κ1) is 26.7. The zero-order valence-corrected chi connectivity index (χ0v) is 22.7. The number of carbonyl (C=O) groups is 2. The molecule has 0 saturated carbocycles. The molecule has 3 aromatic carbocycles. The number of ether oxygens (including phenoxy) is 2. The Bertz CT molecular complexity index is 1360. The zero-order chi connectivity index (χ0) is 25.8. The molecule has 0 N–H and O–H groups in total. The molecule has 0 radical (unpaired) electrons. The number of imide groups is 1. The zero-order valence-electron chi connectivity index (χ0n) is 18.9. The number of hydrogen-bond acceptors (Lipinski definition) is 5. The Morgan fingerprint density at radius 1 is 0.861 bits per heavy atom. The van der Waals surface area contributed by atoms with Crippen LogP contribution in [0.4, 0.5) is 4.79 Å². The third-order valence-corrected chi connectivity index (χ3v) is 7.39. The van der Waals surface area contributed by atoms with E-state index in [2.05, 4.69) is 0 Å². The second-order valence-electron chi connectivity index (χ2n) is 7.68. The fourth-order valence-corrected chi connectivity index (χ4v) is 5.03. The van der Waals surface area contributed by atoms with Crippen molar-refractivity contribution in [3.05, 3.63) is 96.3 Å². The summed E-state index contributed by atoms with van der Waals surface area (Å²) in [7, 11) is 0. The largest absolute Gasteiger partial charge is 0.490 e. The molecular formula is C26H19Cl4NO4S. The summed E-state index contributed by atoms with van der Waals surface area (Å²) in [5, 5.41) is 1.42. The Kier molecular flexibility index (Phi) is 8.75. The predicted octanol–water partition coefficient (Wildman–Crippen LogP) is 8.51. The lowest BCUT2D eigenvalue weighted by Crippen LogP contribution is -2.27. The molecule has 1 fully saturated rings. The Morgan fingerprint density at radius 3 is 2.39 bits per heavy atom. The van der Waals surface area contributed by atoms with Gasteiger partial charge in [0.2, 0.25) is 0 Å². The highest BCUT2D eigenvalue weighted by Gasteiger charge is 2.35. The number of rotatable bonds is 8. The number of halogens is 4. The summed E-state index contributed by atoms with van der Waals surface area (Å²) in [6.45, 7) is 2.61. The smallest absolute Gasteiger partial charge is 0.293 e. The highest BCUT2D eigenvalue weighted by atomic mass is 35.5. The van der Waals surface area contributed by atoms with Crippen LogP contribution in [0, 0.1) is 0 Å². The van der Waals surface area contributed by atoms with Gasteiger partial charge >= 0.3 is 0 Å². The summed E-state index contributed by atoms with van der Waals surface area (Å²) in [4.78, 5) is 27.0. The van der Waals surface area contributed by atoms with Gasteiger partial charge in [-0.1, -0.05) is 64.6 Å². The molecule has 2 amide bonds. The summed E-state index contributed by atoms with van der Waals surface area (Å²) < 4.78 is 11.7. The van der Waals surface area contributed by atoms with Crippen LogP contribution in [-0.4, -0.2) is 22.7 Å². The Hall–Kier alpha value is -2.35. The monoisotopic (exact) mass is 581 g/mol. The summed E-state index contributed by atoms with van der Waals surface area (Å²) in [5.74, 6) is 0.651. The molecule has 4 rings (SSSR count). The van der Waals surface area contributed by atoms with Crippen molar-refractivity contribution in [3.63, 3.8) is 0 Å². The van der Waals surface area contributed by atoms with Crippen LogP contribution in [0.1, 0.15) is 23.6 Å². The van der Waals surface area contributed by atoms with E-state index in [-0.39, 0.29) is 18.4 Å². The first-order valence-electron chi connectivity index (χ1n) is 10.8. The lowest BCUT2D eigenvalue weighted by atomic mass is 10.1. The lowest BCUT2D eigenvalue weighted by molar-refractivity contribution is -0.123. The van der Waals surface area contributed by atoms with Gasteiger partial charge in [-0.05, 0) is 77.9 Å². The second-order valence-corrected chi connectivity index (χ2v) is 10.3. The summed E-state index contributed by atoms with van der Waals surface area (Å²) in [6.07, 6.45) is 1.65. The molecule has 0 aromatic heterocycles. The molecule has 0 unspecified atom stereocenters. The minimum absolute atomic E-state index is 0.0592. The highest BCUT2D eigenvalue weighted by Crippen LogP contribution is 2.36. The third-order valence-electron chi connectivity index (χ3n) is 5.16. The van der Waals surface area contributed by atoms with Crippen molar-refractivity contribution in [2.45, 2.75) is 20.1 Å². The van der Waals surface area contributed by atoms with Crippen molar-refractivity contribution in [3.8, 4) is 11.5 Å². The SMILES string of the molecule is CCOc1cc(/C=C2/SC(=O)N(Cc3ccc(Cl)cc3Cl)C2=O)ccc1OCc1ccc(Cl)c(Cl)c1.